The zero-order chi connectivity index (χ0) is 20.4. The van der Waals surface area contributed by atoms with E-state index in [4.69, 9.17) is 9.47 Å². The van der Waals surface area contributed by atoms with Gasteiger partial charge in [-0.2, -0.15) is 8.78 Å². The lowest BCUT2D eigenvalue weighted by atomic mass is 10.1. The summed E-state index contributed by atoms with van der Waals surface area (Å²) in [6, 6.07) is 5.99. The van der Waals surface area contributed by atoms with Gasteiger partial charge in [0.25, 0.3) is 0 Å². The fraction of sp³-hybridized carbons (Fsp3) is 0.474. The first-order valence-electron chi connectivity index (χ1n) is 9.00. The molecule has 0 unspecified atom stereocenters. The van der Waals surface area contributed by atoms with Crippen molar-refractivity contribution >= 4 is 5.96 Å². The Morgan fingerprint density at radius 1 is 1.25 bits per heavy atom. The normalized spacial score (nSPS) is 11.7. The highest BCUT2D eigenvalue weighted by molar-refractivity contribution is 5.79. The molecule has 0 radical (unpaired) electrons. The van der Waals surface area contributed by atoms with Gasteiger partial charge in [-0.1, -0.05) is 12.1 Å². The second kappa shape index (κ2) is 11.2. The molecule has 9 heteroatoms. The topological polar surface area (TPSA) is 72.7 Å². The molecule has 2 N–H and O–H groups in total. The number of alkyl halides is 2. The SMILES string of the molecule is CN=C(NCc1ccc(C)cc1OCCCOC)NCc1nccn1C(F)F. The molecule has 1 heterocycles. The Morgan fingerprint density at radius 3 is 2.75 bits per heavy atom. The minimum Gasteiger partial charge on any atom is -0.493 e. The summed E-state index contributed by atoms with van der Waals surface area (Å²) >= 11 is 0. The quantitative estimate of drug-likeness (QED) is 0.368. The van der Waals surface area contributed by atoms with Gasteiger partial charge in [0.1, 0.15) is 11.6 Å². The number of aliphatic imine (C=N–C) groups is 1. The van der Waals surface area contributed by atoms with Gasteiger partial charge in [-0.15, -0.1) is 0 Å². The molecular formula is C19H27F2N5O2. The van der Waals surface area contributed by atoms with Crippen molar-refractivity contribution < 1.29 is 18.3 Å². The van der Waals surface area contributed by atoms with Crippen LogP contribution in [0.4, 0.5) is 8.78 Å². The number of guanidine groups is 1. The van der Waals surface area contributed by atoms with Crippen LogP contribution in [0.3, 0.4) is 0 Å². The Labute approximate surface area is 163 Å². The van der Waals surface area contributed by atoms with Crippen molar-refractivity contribution in [3.8, 4) is 5.75 Å². The van der Waals surface area contributed by atoms with Gasteiger partial charge < -0.3 is 20.1 Å². The van der Waals surface area contributed by atoms with E-state index < -0.39 is 6.55 Å². The second-order valence-corrected chi connectivity index (χ2v) is 6.11. The Morgan fingerprint density at radius 2 is 2.04 bits per heavy atom. The molecule has 0 atom stereocenters. The highest BCUT2D eigenvalue weighted by atomic mass is 19.3. The summed E-state index contributed by atoms with van der Waals surface area (Å²) in [5.41, 5.74) is 2.08. The van der Waals surface area contributed by atoms with Crippen LogP contribution in [0.2, 0.25) is 0 Å². The fourth-order valence-corrected chi connectivity index (χ4v) is 2.55. The van der Waals surface area contributed by atoms with E-state index in [1.807, 2.05) is 25.1 Å². The molecule has 0 fully saturated rings. The molecule has 0 spiro atoms. The molecule has 0 bridgehead atoms. The minimum atomic E-state index is -2.63. The number of aromatic nitrogens is 2. The van der Waals surface area contributed by atoms with Crippen LogP contribution in [-0.4, -0.2) is 42.9 Å². The molecule has 0 aliphatic heterocycles. The number of imidazole rings is 1. The van der Waals surface area contributed by atoms with Crippen molar-refractivity contribution in [1.29, 1.82) is 0 Å². The number of methoxy groups -OCH3 is 1. The summed E-state index contributed by atoms with van der Waals surface area (Å²) in [6.07, 6.45) is 3.40. The average Bonchev–Trinajstić information content (AvgIpc) is 3.15. The van der Waals surface area contributed by atoms with Crippen LogP contribution in [0.15, 0.2) is 35.6 Å². The van der Waals surface area contributed by atoms with Crippen molar-refractivity contribution in [2.75, 3.05) is 27.4 Å². The molecule has 0 aliphatic carbocycles. The lowest BCUT2D eigenvalue weighted by Crippen LogP contribution is -2.37. The van der Waals surface area contributed by atoms with Crippen LogP contribution >= 0.6 is 0 Å². The van der Waals surface area contributed by atoms with Crippen LogP contribution in [0.1, 0.15) is 29.9 Å². The van der Waals surface area contributed by atoms with Crippen molar-refractivity contribution in [2.24, 2.45) is 4.99 Å². The third kappa shape index (κ3) is 6.49. The monoisotopic (exact) mass is 395 g/mol. The van der Waals surface area contributed by atoms with Gasteiger partial charge >= 0.3 is 6.55 Å². The highest BCUT2D eigenvalue weighted by Gasteiger charge is 2.12. The number of nitrogens with zero attached hydrogens (tertiary/aromatic N) is 3. The van der Waals surface area contributed by atoms with Crippen LogP contribution in [0.5, 0.6) is 5.75 Å². The molecule has 1 aromatic heterocycles. The summed E-state index contributed by atoms with van der Waals surface area (Å²) in [7, 11) is 3.28. The number of nitrogens with one attached hydrogen (secondary N) is 2. The highest BCUT2D eigenvalue weighted by Crippen LogP contribution is 2.20. The van der Waals surface area contributed by atoms with E-state index in [1.54, 1.807) is 14.2 Å². The van der Waals surface area contributed by atoms with Crippen molar-refractivity contribution in [3.05, 3.63) is 47.5 Å². The van der Waals surface area contributed by atoms with Gasteiger partial charge in [-0.3, -0.25) is 9.56 Å². The van der Waals surface area contributed by atoms with Gasteiger partial charge in [-0.25, -0.2) is 4.98 Å². The van der Waals surface area contributed by atoms with E-state index in [2.05, 4.69) is 20.6 Å². The number of aryl methyl sites for hydroxylation is 1. The number of halogens is 2. The summed E-state index contributed by atoms with van der Waals surface area (Å²) < 4.78 is 37.5. The molecule has 0 saturated carbocycles. The van der Waals surface area contributed by atoms with E-state index in [9.17, 15) is 8.78 Å². The third-order valence-electron chi connectivity index (χ3n) is 4.02. The molecule has 0 aliphatic rings. The fourth-order valence-electron chi connectivity index (χ4n) is 2.55. The first-order valence-corrected chi connectivity index (χ1v) is 9.00. The predicted molar refractivity (Wildman–Crippen MR) is 104 cm³/mol. The molecule has 2 aromatic rings. The third-order valence-corrected chi connectivity index (χ3v) is 4.02. The average molecular weight is 395 g/mol. The van der Waals surface area contributed by atoms with Crippen LogP contribution in [-0.2, 0) is 17.8 Å². The van der Waals surface area contributed by atoms with E-state index in [1.165, 1.54) is 12.4 Å². The van der Waals surface area contributed by atoms with Gasteiger partial charge in [0.15, 0.2) is 5.96 Å². The van der Waals surface area contributed by atoms with Gasteiger partial charge in [0.05, 0.1) is 13.2 Å². The summed E-state index contributed by atoms with van der Waals surface area (Å²) in [5.74, 6) is 1.51. The Bertz CT molecular complexity index is 765. The maximum atomic E-state index is 12.9. The molecule has 0 saturated heterocycles. The van der Waals surface area contributed by atoms with Crippen molar-refractivity contribution in [1.82, 2.24) is 20.2 Å². The van der Waals surface area contributed by atoms with Gasteiger partial charge in [-0.05, 0) is 18.6 Å². The minimum absolute atomic E-state index is 0.130. The first-order chi connectivity index (χ1) is 13.5. The summed E-state index contributed by atoms with van der Waals surface area (Å²) in [6.45, 7) is 1.19. The number of benzene rings is 1. The smallest absolute Gasteiger partial charge is 0.319 e. The van der Waals surface area contributed by atoms with Crippen molar-refractivity contribution in [3.63, 3.8) is 0 Å². The zero-order valence-electron chi connectivity index (χ0n) is 16.4. The first kappa shape index (κ1) is 21.6. The van der Waals surface area contributed by atoms with E-state index in [0.29, 0.717) is 25.7 Å². The number of rotatable bonds is 10. The zero-order valence-corrected chi connectivity index (χ0v) is 16.4. The maximum absolute atomic E-state index is 12.9. The Kier molecular flexibility index (Phi) is 8.67. The van der Waals surface area contributed by atoms with E-state index in [-0.39, 0.29) is 12.4 Å². The van der Waals surface area contributed by atoms with Crippen LogP contribution in [0.25, 0.3) is 0 Å². The molecule has 1 aromatic carbocycles. The molecule has 7 nitrogen and oxygen atoms in total. The Hall–Kier alpha value is -2.68. The van der Waals surface area contributed by atoms with E-state index in [0.717, 1.165) is 27.9 Å². The molecule has 0 amide bonds. The molecule has 2 rings (SSSR count). The second-order valence-electron chi connectivity index (χ2n) is 6.11. The lowest BCUT2D eigenvalue weighted by Gasteiger charge is -2.16. The number of ether oxygens (including phenoxy) is 2. The van der Waals surface area contributed by atoms with Gasteiger partial charge in [0.2, 0.25) is 0 Å². The summed E-state index contributed by atoms with van der Waals surface area (Å²) in [4.78, 5) is 8.07. The number of hydrogen-bond acceptors (Lipinski definition) is 4. The number of hydrogen-bond donors (Lipinski definition) is 2. The molecule has 28 heavy (non-hydrogen) atoms. The lowest BCUT2D eigenvalue weighted by molar-refractivity contribution is 0.0668. The summed E-state index contributed by atoms with van der Waals surface area (Å²) in [5, 5.41) is 6.16. The van der Waals surface area contributed by atoms with Crippen molar-refractivity contribution in [2.45, 2.75) is 33.0 Å². The molecular weight excluding hydrogens is 368 g/mol. The van der Waals surface area contributed by atoms with E-state index >= 15 is 0 Å². The standard InChI is InChI=1S/C19H27F2N5O2/c1-14-5-6-15(16(11-14)28-10-4-9-27-3)12-24-19(22-2)25-13-17-23-7-8-26(17)18(20)21/h5-8,11,18H,4,9-10,12-13H2,1-3H3,(H2,22,24,25). The van der Waals surface area contributed by atoms with Crippen LogP contribution in [0, 0.1) is 6.92 Å². The maximum Gasteiger partial charge on any atom is 0.319 e. The Balaban J connectivity index is 1.92. The van der Waals surface area contributed by atoms with Crippen LogP contribution < -0.4 is 15.4 Å². The largest absolute Gasteiger partial charge is 0.493 e. The van der Waals surface area contributed by atoms with Gasteiger partial charge in [0, 0.05) is 51.7 Å². The predicted octanol–water partition coefficient (Wildman–Crippen LogP) is 2.87. The molecule has 154 valence electrons.